The molecule has 0 spiro atoms. The van der Waals surface area contributed by atoms with Crippen molar-refractivity contribution in [1.82, 2.24) is 9.97 Å². The van der Waals surface area contributed by atoms with Crippen molar-refractivity contribution in [3.63, 3.8) is 0 Å². The fourth-order valence-corrected chi connectivity index (χ4v) is 2.96. The Morgan fingerprint density at radius 2 is 2.10 bits per heavy atom. The van der Waals surface area contributed by atoms with E-state index < -0.39 is 0 Å². The normalized spacial score (nSPS) is 10.8. The van der Waals surface area contributed by atoms with Crippen molar-refractivity contribution in [2.75, 3.05) is 17.2 Å². The topological polar surface area (TPSA) is 55.0 Å². The maximum absolute atomic E-state index is 6.28. The summed E-state index contributed by atoms with van der Waals surface area (Å²) in [4.78, 5) is 11.0. The van der Waals surface area contributed by atoms with Crippen molar-refractivity contribution in [3.8, 4) is 0 Å². The molecule has 20 heavy (non-hydrogen) atoms. The summed E-state index contributed by atoms with van der Waals surface area (Å²) in [6, 6.07) is 10.1. The minimum Gasteiger partial charge on any atom is -0.395 e. The predicted molar refractivity (Wildman–Crippen MR) is 85.0 cm³/mol. The molecule has 0 amide bonds. The zero-order valence-corrected chi connectivity index (χ0v) is 12.1. The van der Waals surface area contributed by atoms with E-state index in [0.717, 1.165) is 40.4 Å². The van der Waals surface area contributed by atoms with Gasteiger partial charge in [-0.15, -0.1) is 11.3 Å². The van der Waals surface area contributed by atoms with E-state index in [9.17, 15) is 0 Å². The number of aromatic nitrogens is 2. The van der Waals surface area contributed by atoms with E-state index >= 15 is 0 Å². The number of rotatable bonds is 4. The van der Waals surface area contributed by atoms with Crippen molar-refractivity contribution in [3.05, 3.63) is 47.7 Å². The van der Waals surface area contributed by atoms with Gasteiger partial charge in [-0.05, 0) is 31.2 Å². The molecule has 1 aromatic carbocycles. The number of nitrogens with zero attached hydrogens (tertiary/aromatic N) is 3. The van der Waals surface area contributed by atoms with Crippen molar-refractivity contribution in [1.29, 1.82) is 0 Å². The molecule has 5 heteroatoms. The first-order valence-electron chi connectivity index (χ1n) is 6.56. The summed E-state index contributed by atoms with van der Waals surface area (Å²) in [6.07, 6.45) is 1.82. The van der Waals surface area contributed by atoms with Crippen LogP contribution in [0, 0.1) is 0 Å². The molecule has 3 aromatic rings. The summed E-state index contributed by atoms with van der Waals surface area (Å²) in [5.41, 5.74) is 11.8. The van der Waals surface area contributed by atoms with Crippen LogP contribution < -0.4 is 10.6 Å². The number of nitrogens with two attached hydrogens (primary N) is 1. The van der Waals surface area contributed by atoms with Crippen molar-refractivity contribution >= 4 is 32.9 Å². The van der Waals surface area contributed by atoms with E-state index in [2.05, 4.69) is 33.9 Å². The number of benzene rings is 1. The Bertz CT molecular complexity index is 708. The van der Waals surface area contributed by atoms with Crippen molar-refractivity contribution < 1.29 is 0 Å². The summed E-state index contributed by atoms with van der Waals surface area (Å²) >= 11 is 1.61. The zero-order chi connectivity index (χ0) is 13.9. The van der Waals surface area contributed by atoms with Gasteiger partial charge in [0.05, 0.1) is 33.8 Å². The maximum Gasteiger partial charge on any atom is 0.106 e. The summed E-state index contributed by atoms with van der Waals surface area (Å²) < 4.78 is 1.13. The first-order valence-corrected chi connectivity index (χ1v) is 7.44. The lowest BCUT2D eigenvalue weighted by Gasteiger charge is -2.24. The van der Waals surface area contributed by atoms with Gasteiger partial charge in [0.15, 0.2) is 0 Å². The standard InChI is InChI=1S/C15H16N4S/c1-2-19(9-11-5-3-4-8-17-11)12-6-7-13-15(14(12)16)18-10-20-13/h3-8,10H,2,9,16H2,1H3. The summed E-state index contributed by atoms with van der Waals surface area (Å²) in [7, 11) is 0. The average molecular weight is 284 g/mol. The van der Waals surface area contributed by atoms with Gasteiger partial charge in [0.1, 0.15) is 5.52 Å². The van der Waals surface area contributed by atoms with Gasteiger partial charge in [-0.1, -0.05) is 6.07 Å². The lowest BCUT2D eigenvalue weighted by molar-refractivity contribution is 0.811. The van der Waals surface area contributed by atoms with Gasteiger partial charge in [0, 0.05) is 12.7 Å². The fourth-order valence-electron chi connectivity index (χ4n) is 2.27. The third kappa shape index (κ3) is 2.32. The Morgan fingerprint density at radius 1 is 1.20 bits per heavy atom. The number of anilines is 2. The van der Waals surface area contributed by atoms with E-state index in [0.29, 0.717) is 0 Å². The van der Waals surface area contributed by atoms with E-state index in [1.807, 2.05) is 29.9 Å². The SMILES string of the molecule is CCN(Cc1ccccn1)c1ccc2scnc2c1N. The second kappa shape index (κ2) is 5.46. The molecule has 0 atom stereocenters. The smallest absolute Gasteiger partial charge is 0.106 e. The van der Waals surface area contributed by atoms with Gasteiger partial charge in [0.25, 0.3) is 0 Å². The second-order valence-electron chi connectivity index (χ2n) is 4.53. The first kappa shape index (κ1) is 12.9. The minimum absolute atomic E-state index is 0.747. The third-order valence-electron chi connectivity index (χ3n) is 3.32. The van der Waals surface area contributed by atoms with Crippen LogP contribution in [0.1, 0.15) is 12.6 Å². The van der Waals surface area contributed by atoms with Crippen molar-refractivity contribution in [2.24, 2.45) is 0 Å². The number of hydrogen-bond acceptors (Lipinski definition) is 5. The molecule has 0 aliphatic rings. The highest BCUT2D eigenvalue weighted by molar-refractivity contribution is 7.16. The van der Waals surface area contributed by atoms with Crippen LogP contribution in [0.25, 0.3) is 10.2 Å². The monoisotopic (exact) mass is 284 g/mol. The molecular formula is C15H16N4S. The average Bonchev–Trinajstić information content (AvgIpc) is 2.96. The molecule has 2 N–H and O–H groups in total. The molecule has 0 fully saturated rings. The summed E-state index contributed by atoms with van der Waals surface area (Å²) in [5.74, 6) is 0. The van der Waals surface area contributed by atoms with Gasteiger partial charge >= 0.3 is 0 Å². The maximum atomic E-state index is 6.28. The van der Waals surface area contributed by atoms with Gasteiger partial charge in [-0.3, -0.25) is 4.98 Å². The van der Waals surface area contributed by atoms with Gasteiger partial charge < -0.3 is 10.6 Å². The molecule has 0 aliphatic carbocycles. The van der Waals surface area contributed by atoms with E-state index in [1.54, 1.807) is 11.3 Å². The van der Waals surface area contributed by atoms with Crippen molar-refractivity contribution in [2.45, 2.75) is 13.5 Å². The number of fused-ring (bicyclic) bond motifs is 1. The van der Waals surface area contributed by atoms with Crippen LogP contribution in [-0.4, -0.2) is 16.5 Å². The van der Waals surface area contributed by atoms with E-state index in [1.165, 1.54) is 0 Å². The van der Waals surface area contributed by atoms with Crippen LogP contribution in [0.15, 0.2) is 42.0 Å². The van der Waals surface area contributed by atoms with E-state index in [4.69, 9.17) is 5.73 Å². The molecule has 0 bridgehead atoms. The number of nitrogen functional groups attached to an aromatic ring is 1. The second-order valence-corrected chi connectivity index (χ2v) is 5.42. The molecule has 0 saturated carbocycles. The fraction of sp³-hybridized carbons (Fsp3) is 0.200. The van der Waals surface area contributed by atoms with Crippen LogP contribution in [0.4, 0.5) is 11.4 Å². The first-order chi connectivity index (χ1) is 9.79. The van der Waals surface area contributed by atoms with Crippen LogP contribution in [0.3, 0.4) is 0 Å². The summed E-state index contributed by atoms with van der Waals surface area (Å²) in [6.45, 7) is 3.74. The Labute approximate surface area is 121 Å². The number of hydrogen-bond donors (Lipinski definition) is 1. The van der Waals surface area contributed by atoms with Crippen LogP contribution in [0.2, 0.25) is 0 Å². The quantitative estimate of drug-likeness (QED) is 0.747. The zero-order valence-electron chi connectivity index (χ0n) is 11.3. The van der Waals surface area contributed by atoms with Gasteiger partial charge in [-0.25, -0.2) is 4.98 Å². The highest BCUT2D eigenvalue weighted by Gasteiger charge is 2.13. The molecule has 102 valence electrons. The van der Waals surface area contributed by atoms with E-state index in [-0.39, 0.29) is 0 Å². The molecule has 2 aromatic heterocycles. The predicted octanol–water partition coefficient (Wildman–Crippen LogP) is 3.30. The molecule has 0 unspecified atom stereocenters. The molecule has 0 saturated heterocycles. The minimum atomic E-state index is 0.747. The molecule has 0 aliphatic heterocycles. The highest BCUT2D eigenvalue weighted by Crippen LogP contribution is 2.32. The number of pyridine rings is 1. The molecule has 2 heterocycles. The summed E-state index contributed by atoms with van der Waals surface area (Å²) in [5, 5.41) is 0. The largest absolute Gasteiger partial charge is 0.395 e. The number of thiazole rings is 1. The van der Waals surface area contributed by atoms with Gasteiger partial charge in [0.2, 0.25) is 0 Å². The third-order valence-corrected chi connectivity index (χ3v) is 4.11. The van der Waals surface area contributed by atoms with Gasteiger partial charge in [-0.2, -0.15) is 0 Å². The highest BCUT2D eigenvalue weighted by atomic mass is 32.1. The van der Waals surface area contributed by atoms with Crippen LogP contribution in [0.5, 0.6) is 0 Å². The lowest BCUT2D eigenvalue weighted by Crippen LogP contribution is -2.23. The Balaban J connectivity index is 1.96. The Kier molecular flexibility index (Phi) is 3.52. The van der Waals surface area contributed by atoms with Crippen LogP contribution in [-0.2, 0) is 6.54 Å². The lowest BCUT2D eigenvalue weighted by atomic mass is 10.2. The molecular weight excluding hydrogens is 268 g/mol. The molecule has 3 rings (SSSR count). The molecule has 4 nitrogen and oxygen atoms in total. The molecule has 0 radical (unpaired) electrons. The Hall–Kier alpha value is -2.14. The van der Waals surface area contributed by atoms with Crippen LogP contribution >= 0.6 is 11.3 Å². The Morgan fingerprint density at radius 3 is 2.85 bits per heavy atom.